The molecule has 21 heavy (non-hydrogen) atoms. The van der Waals surface area contributed by atoms with Crippen LogP contribution in [0, 0.1) is 0 Å². The van der Waals surface area contributed by atoms with Gasteiger partial charge in [-0.1, -0.05) is 36.8 Å². The van der Waals surface area contributed by atoms with Crippen LogP contribution in [-0.4, -0.2) is 42.3 Å². The first kappa shape index (κ1) is 16.5. The van der Waals surface area contributed by atoms with E-state index in [0.29, 0.717) is 6.04 Å². The second-order valence-corrected chi connectivity index (χ2v) is 6.72. The van der Waals surface area contributed by atoms with Gasteiger partial charge >= 0.3 is 0 Å². The summed E-state index contributed by atoms with van der Waals surface area (Å²) in [4.78, 5) is 2.46. The molecule has 0 aromatic heterocycles. The summed E-state index contributed by atoms with van der Waals surface area (Å²) in [5.74, 6) is 0. The van der Waals surface area contributed by atoms with E-state index in [0.717, 1.165) is 19.0 Å². The molecular weight excluding hydrogens is 260 g/mol. The van der Waals surface area contributed by atoms with Crippen LogP contribution in [-0.2, 0) is 5.54 Å². The molecule has 1 saturated carbocycles. The van der Waals surface area contributed by atoms with Gasteiger partial charge < -0.3 is 15.3 Å². The molecule has 0 saturated heterocycles. The monoisotopic (exact) mass is 290 g/mol. The van der Waals surface area contributed by atoms with Gasteiger partial charge in [0, 0.05) is 18.6 Å². The number of hydrogen-bond donors (Lipinski definition) is 2. The Morgan fingerprint density at radius 1 is 1.29 bits per heavy atom. The van der Waals surface area contributed by atoms with Crippen molar-refractivity contribution in [3.8, 4) is 0 Å². The molecule has 0 heterocycles. The fourth-order valence-corrected chi connectivity index (χ4v) is 3.20. The van der Waals surface area contributed by atoms with Crippen LogP contribution in [0.1, 0.15) is 45.1 Å². The van der Waals surface area contributed by atoms with E-state index in [1.807, 2.05) is 6.07 Å². The molecule has 1 atom stereocenters. The van der Waals surface area contributed by atoms with Crippen LogP contribution < -0.4 is 5.32 Å². The maximum Gasteiger partial charge on any atom is 0.0683 e. The van der Waals surface area contributed by atoms with Crippen molar-refractivity contribution in [3.63, 3.8) is 0 Å². The lowest BCUT2D eigenvalue weighted by molar-refractivity contribution is 0.102. The second kappa shape index (κ2) is 7.39. The van der Waals surface area contributed by atoms with Gasteiger partial charge in [-0.3, -0.25) is 0 Å². The summed E-state index contributed by atoms with van der Waals surface area (Å²) in [5, 5.41) is 13.7. The molecule has 1 fully saturated rings. The van der Waals surface area contributed by atoms with E-state index in [1.54, 1.807) is 0 Å². The van der Waals surface area contributed by atoms with Crippen molar-refractivity contribution >= 4 is 0 Å². The average Bonchev–Trinajstić information content (AvgIpc) is 2.42. The third-order valence-electron chi connectivity index (χ3n) is 4.75. The Morgan fingerprint density at radius 2 is 1.95 bits per heavy atom. The standard InChI is InChI=1S/C18H30N2O/c1-15(2)19-18(14-21,16-8-5-4-6-9-16)12-13-20(3)17-10-7-11-17/h4-6,8-9,15,17,19,21H,7,10-14H2,1-3H3. The van der Waals surface area contributed by atoms with Gasteiger partial charge in [0.05, 0.1) is 12.1 Å². The number of aliphatic hydroxyl groups excluding tert-OH is 1. The van der Waals surface area contributed by atoms with Crippen LogP contribution in [0.15, 0.2) is 30.3 Å². The zero-order valence-corrected chi connectivity index (χ0v) is 13.7. The number of rotatable bonds is 8. The third-order valence-corrected chi connectivity index (χ3v) is 4.75. The normalized spacial score (nSPS) is 18.8. The van der Waals surface area contributed by atoms with Crippen LogP contribution in [0.5, 0.6) is 0 Å². The fourth-order valence-electron chi connectivity index (χ4n) is 3.20. The number of nitrogens with zero attached hydrogens (tertiary/aromatic N) is 1. The molecular formula is C18H30N2O. The lowest BCUT2D eigenvalue weighted by atomic mass is 9.85. The smallest absolute Gasteiger partial charge is 0.0683 e. The van der Waals surface area contributed by atoms with E-state index in [9.17, 15) is 5.11 Å². The first-order valence-corrected chi connectivity index (χ1v) is 8.22. The van der Waals surface area contributed by atoms with E-state index in [4.69, 9.17) is 0 Å². The van der Waals surface area contributed by atoms with Gasteiger partial charge in [0.1, 0.15) is 0 Å². The third kappa shape index (κ3) is 4.06. The van der Waals surface area contributed by atoms with Crippen LogP contribution in [0.3, 0.4) is 0 Å². The number of benzene rings is 1. The lowest BCUT2D eigenvalue weighted by Crippen LogP contribution is -2.51. The zero-order chi connectivity index (χ0) is 15.3. The highest BCUT2D eigenvalue weighted by molar-refractivity contribution is 5.25. The molecule has 0 spiro atoms. The van der Waals surface area contributed by atoms with Crippen molar-refractivity contribution in [2.24, 2.45) is 0 Å². The number of aliphatic hydroxyl groups is 1. The van der Waals surface area contributed by atoms with Crippen molar-refractivity contribution in [1.29, 1.82) is 0 Å². The minimum Gasteiger partial charge on any atom is -0.394 e. The average molecular weight is 290 g/mol. The topological polar surface area (TPSA) is 35.5 Å². The molecule has 0 bridgehead atoms. The predicted octanol–water partition coefficient (Wildman–Crippen LogP) is 2.75. The Balaban J connectivity index is 2.10. The van der Waals surface area contributed by atoms with E-state index >= 15 is 0 Å². The van der Waals surface area contributed by atoms with Crippen LogP contribution in [0.4, 0.5) is 0 Å². The van der Waals surface area contributed by atoms with Gasteiger partial charge in [-0.2, -0.15) is 0 Å². The molecule has 1 aromatic rings. The Bertz CT molecular complexity index is 416. The number of nitrogens with one attached hydrogen (secondary N) is 1. The molecule has 3 nitrogen and oxygen atoms in total. The summed E-state index contributed by atoms with van der Waals surface area (Å²) >= 11 is 0. The SMILES string of the molecule is CC(C)NC(CO)(CCN(C)C1CCC1)c1ccccc1. The Kier molecular flexibility index (Phi) is 5.80. The van der Waals surface area contributed by atoms with E-state index in [-0.39, 0.29) is 12.1 Å². The van der Waals surface area contributed by atoms with Crippen LogP contribution >= 0.6 is 0 Å². The summed E-state index contributed by atoms with van der Waals surface area (Å²) in [6, 6.07) is 11.5. The maximum absolute atomic E-state index is 10.1. The summed E-state index contributed by atoms with van der Waals surface area (Å²) in [6.45, 7) is 5.43. The Morgan fingerprint density at radius 3 is 2.43 bits per heavy atom. The molecule has 1 aliphatic carbocycles. The highest BCUT2D eigenvalue weighted by Gasteiger charge is 2.33. The molecule has 0 radical (unpaired) electrons. The minimum atomic E-state index is -0.340. The molecule has 0 amide bonds. The largest absolute Gasteiger partial charge is 0.394 e. The molecule has 1 unspecified atom stereocenters. The van der Waals surface area contributed by atoms with Gasteiger partial charge in [0.15, 0.2) is 0 Å². The van der Waals surface area contributed by atoms with Crippen molar-refractivity contribution in [1.82, 2.24) is 10.2 Å². The zero-order valence-electron chi connectivity index (χ0n) is 13.7. The number of hydrogen-bond acceptors (Lipinski definition) is 3. The quantitative estimate of drug-likeness (QED) is 0.773. The summed E-state index contributed by atoms with van der Waals surface area (Å²) in [5.41, 5.74) is 0.844. The molecule has 3 heteroatoms. The summed E-state index contributed by atoms with van der Waals surface area (Å²) < 4.78 is 0. The molecule has 118 valence electrons. The van der Waals surface area contributed by atoms with Crippen molar-refractivity contribution in [2.45, 2.75) is 57.2 Å². The highest BCUT2D eigenvalue weighted by atomic mass is 16.3. The Labute approximate surface area is 129 Å². The predicted molar refractivity (Wildman–Crippen MR) is 88.4 cm³/mol. The highest BCUT2D eigenvalue weighted by Crippen LogP contribution is 2.28. The van der Waals surface area contributed by atoms with Crippen LogP contribution in [0.2, 0.25) is 0 Å². The molecule has 2 rings (SSSR count). The van der Waals surface area contributed by atoms with Gasteiger partial charge in [0.25, 0.3) is 0 Å². The van der Waals surface area contributed by atoms with Gasteiger partial charge in [-0.25, -0.2) is 0 Å². The second-order valence-electron chi connectivity index (χ2n) is 6.72. The van der Waals surface area contributed by atoms with Crippen molar-refractivity contribution in [2.75, 3.05) is 20.2 Å². The van der Waals surface area contributed by atoms with E-state index < -0.39 is 0 Å². The molecule has 1 aliphatic rings. The van der Waals surface area contributed by atoms with Gasteiger partial charge in [-0.05, 0) is 45.7 Å². The Hall–Kier alpha value is -0.900. The molecule has 2 N–H and O–H groups in total. The molecule has 1 aromatic carbocycles. The maximum atomic E-state index is 10.1. The lowest BCUT2D eigenvalue weighted by Gasteiger charge is -2.40. The first-order valence-electron chi connectivity index (χ1n) is 8.22. The summed E-state index contributed by atoms with van der Waals surface area (Å²) in [6.07, 6.45) is 4.94. The minimum absolute atomic E-state index is 0.133. The summed E-state index contributed by atoms with van der Waals surface area (Å²) in [7, 11) is 2.21. The van der Waals surface area contributed by atoms with Gasteiger partial charge in [0.2, 0.25) is 0 Å². The van der Waals surface area contributed by atoms with E-state index in [1.165, 1.54) is 24.8 Å². The first-order chi connectivity index (χ1) is 10.1. The van der Waals surface area contributed by atoms with Crippen molar-refractivity contribution < 1.29 is 5.11 Å². The van der Waals surface area contributed by atoms with Crippen molar-refractivity contribution in [3.05, 3.63) is 35.9 Å². The van der Waals surface area contributed by atoms with Gasteiger partial charge in [-0.15, -0.1) is 0 Å². The van der Waals surface area contributed by atoms with E-state index in [2.05, 4.69) is 55.4 Å². The van der Waals surface area contributed by atoms with Crippen LogP contribution in [0.25, 0.3) is 0 Å². The molecule has 0 aliphatic heterocycles. The fraction of sp³-hybridized carbons (Fsp3) is 0.667.